The number of hydrogen-bond acceptors (Lipinski definition) is 4. The minimum atomic E-state index is -0.606. The Kier molecular flexibility index (Phi) is 4.94. The van der Waals surface area contributed by atoms with E-state index in [-0.39, 0.29) is 34.9 Å². The summed E-state index contributed by atoms with van der Waals surface area (Å²) in [6, 6.07) is 8.47. The predicted molar refractivity (Wildman–Crippen MR) is 110 cm³/mol. The Hall–Kier alpha value is -3.75. The second kappa shape index (κ2) is 7.58. The normalized spacial score (nSPS) is 13.8. The number of anilines is 2. The number of halogens is 1. The molecular weight excluding hydrogens is 391 g/mol. The summed E-state index contributed by atoms with van der Waals surface area (Å²) in [7, 11) is 0. The molecule has 4 rings (SSSR count). The van der Waals surface area contributed by atoms with Crippen molar-refractivity contribution in [3.05, 3.63) is 68.6 Å². The summed E-state index contributed by atoms with van der Waals surface area (Å²) in [5.74, 6) is -1.26. The van der Waals surface area contributed by atoms with Gasteiger partial charge in [-0.1, -0.05) is 0 Å². The molecule has 9 heteroatoms. The number of rotatable bonds is 4. The molecule has 2 amide bonds. The molecule has 1 aromatic heterocycles. The summed E-state index contributed by atoms with van der Waals surface area (Å²) in [5, 5.41) is 2.88. The van der Waals surface area contributed by atoms with Gasteiger partial charge in [0.25, 0.3) is 11.5 Å². The smallest absolute Gasteiger partial charge is 0.322 e. The topological polar surface area (TPSA) is 104 Å². The van der Waals surface area contributed by atoms with E-state index in [1.54, 1.807) is 6.92 Å². The maximum absolute atomic E-state index is 14.5. The van der Waals surface area contributed by atoms with Crippen LogP contribution in [0.25, 0.3) is 10.9 Å². The van der Waals surface area contributed by atoms with Gasteiger partial charge in [0.15, 0.2) is 0 Å². The van der Waals surface area contributed by atoms with Crippen LogP contribution in [0, 0.1) is 5.82 Å². The van der Waals surface area contributed by atoms with Gasteiger partial charge in [-0.2, -0.15) is 0 Å². The fourth-order valence-corrected chi connectivity index (χ4v) is 3.59. The quantitative estimate of drug-likeness (QED) is 0.688. The van der Waals surface area contributed by atoms with Crippen molar-refractivity contribution in [3.8, 4) is 0 Å². The molecule has 1 aliphatic rings. The van der Waals surface area contributed by atoms with Crippen molar-refractivity contribution in [1.29, 1.82) is 0 Å². The summed E-state index contributed by atoms with van der Waals surface area (Å²) in [4.78, 5) is 52.7. The van der Waals surface area contributed by atoms with Gasteiger partial charge in [0.05, 0.1) is 16.6 Å². The van der Waals surface area contributed by atoms with Gasteiger partial charge in [-0.3, -0.25) is 19.0 Å². The van der Waals surface area contributed by atoms with E-state index >= 15 is 0 Å². The fraction of sp³-hybridized carbons (Fsp3) is 0.238. The van der Waals surface area contributed by atoms with E-state index < -0.39 is 23.0 Å². The third-order valence-electron chi connectivity index (χ3n) is 5.13. The Labute approximate surface area is 169 Å². The van der Waals surface area contributed by atoms with Crippen molar-refractivity contribution < 1.29 is 14.0 Å². The molecule has 2 heterocycles. The Bertz CT molecular complexity index is 1290. The number of H-pyrrole nitrogens is 1. The van der Waals surface area contributed by atoms with Gasteiger partial charge in [-0.15, -0.1) is 0 Å². The van der Waals surface area contributed by atoms with Crippen LogP contribution in [0.4, 0.5) is 15.8 Å². The van der Waals surface area contributed by atoms with Crippen molar-refractivity contribution in [2.45, 2.75) is 26.3 Å². The minimum absolute atomic E-state index is 0.127. The number of carbonyl (C=O) groups is 2. The van der Waals surface area contributed by atoms with Gasteiger partial charge in [0.1, 0.15) is 5.82 Å². The molecule has 8 nitrogen and oxygen atoms in total. The lowest BCUT2D eigenvalue weighted by molar-refractivity contribution is -0.117. The summed E-state index contributed by atoms with van der Waals surface area (Å²) in [6.45, 7) is 2.39. The molecular formula is C21H19FN4O4. The Morgan fingerprint density at radius 3 is 2.63 bits per heavy atom. The zero-order valence-corrected chi connectivity index (χ0v) is 16.2. The molecule has 0 unspecified atom stereocenters. The van der Waals surface area contributed by atoms with E-state index in [2.05, 4.69) is 10.3 Å². The van der Waals surface area contributed by atoms with E-state index in [0.29, 0.717) is 24.8 Å². The van der Waals surface area contributed by atoms with Crippen molar-refractivity contribution >= 4 is 34.1 Å². The average molecular weight is 410 g/mol. The van der Waals surface area contributed by atoms with Gasteiger partial charge < -0.3 is 15.2 Å². The zero-order chi connectivity index (χ0) is 21.4. The van der Waals surface area contributed by atoms with Crippen molar-refractivity contribution in [2.24, 2.45) is 0 Å². The zero-order valence-electron chi connectivity index (χ0n) is 16.2. The Morgan fingerprint density at radius 1 is 1.17 bits per heavy atom. The second-order valence-electron chi connectivity index (χ2n) is 7.01. The molecule has 0 radical (unpaired) electrons. The van der Waals surface area contributed by atoms with Crippen LogP contribution < -0.4 is 21.5 Å². The summed E-state index contributed by atoms with van der Waals surface area (Å²) in [6.07, 6.45) is 1.08. The molecule has 0 saturated carbocycles. The molecule has 0 spiro atoms. The van der Waals surface area contributed by atoms with E-state index in [0.717, 1.165) is 10.6 Å². The number of fused-ring (bicyclic) bond motifs is 1. The number of aromatic nitrogens is 2. The second-order valence-corrected chi connectivity index (χ2v) is 7.01. The summed E-state index contributed by atoms with van der Waals surface area (Å²) >= 11 is 0. The molecule has 2 aromatic carbocycles. The standard InChI is InChI=1S/C21H19FN4O4/c1-2-25-20(29)14-7-5-12(10-16(14)24-21(25)30)19(28)23-13-6-8-17(15(22)11-13)26-9-3-4-18(26)27/h5-8,10-11H,2-4,9H2,1H3,(H,23,28)(H,24,30). The largest absolute Gasteiger partial charge is 0.328 e. The van der Waals surface area contributed by atoms with Crippen molar-refractivity contribution in [3.63, 3.8) is 0 Å². The Morgan fingerprint density at radius 2 is 1.97 bits per heavy atom. The van der Waals surface area contributed by atoms with Gasteiger partial charge in [-0.05, 0) is 49.7 Å². The number of nitrogens with zero attached hydrogens (tertiary/aromatic N) is 2. The molecule has 3 aromatic rings. The molecule has 0 atom stereocenters. The monoisotopic (exact) mass is 410 g/mol. The lowest BCUT2D eigenvalue weighted by Gasteiger charge is -2.17. The van der Waals surface area contributed by atoms with Crippen LogP contribution in [0.15, 0.2) is 46.0 Å². The molecule has 0 aliphatic carbocycles. The van der Waals surface area contributed by atoms with E-state index in [1.807, 2.05) is 0 Å². The van der Waals surface area contributed by atoms with Crippen LogP contribution in [-0.2, 0) is 11.3 Å². The van der Waals surface area contributed by atoms with Crippen LogP contribution >= 0.6 is 0 Å². The number of carbonyl (C=O) groups excluding carboxylic acids is 2. The molecule has 1 aliphatic heterocycles. The molecule has 1 saturated heterocycles. The summed E-state index contributed by atoms with van der Waals surface area (Å²) in [5.41, 5.74) is -0.129. The molecule has 30 heavy (non-hydrogen) atoms. The first-order valence-corrected chi connectivity index (χ1v) is 9.57. The van der Waals surface area contributed by atoms with Crippen LogP contribution in [0.1, 0.15) is 30.1 Å². The average Bonchev–Trinajstić information content (AvgIpc) is 3.13. The van der Waals surface area contributed by atoms with Gasteiger partial charge in [-0.25, -0.2) is 9.18 Å². The van der Waals surface area contributed by atoms with Gasteiger partial charge in [0, 0.05) is 30.8 Å². The lowest BCUT2D eigenvalue weighted by atomic mass is 10.1. The SMILES string of the molecule is CCn1c(=O)[nH]c2cc(C(=O)Nc3ccc(N4CCCC4=O)c(F)c3)ccc2c1=O. The van der Waals surface area contributed by atoms with Crippen LogP contribution in [0.2, 0.25) is 0 Å². The molecule has 154 valence electrons. The van der Waals surface area contributed by atoms with E-state index in [4.69, 9.17) is 0 Å². The number of amides is 2. The maximum Gasteiger partial charge on any atom is 0.328 e. The first-order chi connectivity index (χ1) is 14.4. The number of nitrogens with one attached hydrogen (secondary N) is 2. The van der Waals surface area contributed by atoms with Crippen molar-refractivity contribution in [1.82, 2.24) is 9.55 Å². The van der Waals surface area contributed by atoms with Crippen LogP contribution in [-0.4, -0.2) is 27.9 Å². The van der Waals surface area contributed by atoms with Gasteiger partial charge >= 0.3 is 5.69 Å². The lowest BCUT2D eigenvalue weighted by Crippen LogP contribution is -2.34. The maximum atomic E-state index is 14.5. The minimum Gasteiger partial charge on any atom is -0.322 e. The van der Waals surface area contributed by atoms with E-state index in [1.165, 1.54) is 35.2 Å². The predicted octanol–water partition coefficient (Wildman–Crippen LogP) is 2.23. The van der Waals surface area contributed by atoms with Crippen molar-refractivity contribution in [2.75, 3.05) is 16.8 Å². The highest BCUT2D eigenvalue weighted by molar-refractivity contribution is 6.06. The number of benzene rings is 2. The fourth-order valence-electron chi connectivity index (χ4n) is 3.59. The number of hydrogen-bond donors (Lipinski definition) is 2. The van der Waals surface area contributed by atoms with E-state index in [9.17, 15) is 23.6 Å². The first kappa shape index (κ1) is 19.6. The molecule has 2 N–H and O–H groups in total. The highest BCUT2D eigenvalue weighted by atomic mass is 19.1. The number of aromatic amines is 1. The Balaban J connectivity index is 1.60. The van der Waals surface area contributed by atoms with Crippen LogP contribution in [0.5, 0.6) is 0 Å². The highest BCUT2D eigenvalue weighted by Gasteiger charge is 2.24. The van der Waals surface area contributed by atoms with Crippen LogP contribution in [0.3, 0.4) is 0 Å². The highest BCUT2D eigenvalue weighted by Crippen LogP contribution is 2.27. The molecule has 1 fully saturated rings. The molecule has 0 bridgehead atoms. The first-order valence-electron chi connectivity index (χ1n) is 9.57. The third-order valence-corrected chi connectivity index (χ3v) is 5.13. The van der Waals surface area contributed by atoms with Gasteiger partial charge in [0.2, 0.25) is 5.91 Å². The third kappa shape index (κ3) is 3.38. The summed E-state index contributed by atoms with van der Waals surface area (Å²) < 4.78 is 15.5.